The zero-order valence-corrected chi connectivity index (χ0v) is 7.34. The molecule has 0 aliphatic carbocycles. The van der Waals surface area contributed by atoms with Crippen molar-refractivity contribution >= 4 is 0 Å². The summed E-state index contributed by atoms with van der Waals surface area (Å²) in [6.07, 6.45) is 6.17. The SMILES string of the molecule is Cc1noc(CCn2ccnc2)n1. The molecular weight excluding hydrogens is 168 g/mol. The summed E-state index contributed by atoms with van der Waals surface area (Å²) >= 11 is 0. The lowest BCUT2D eigenvalue weighted by Crippen LogP contribution is -1.98. The normalized spacial score (nSPS) is 10.5. The van der Waals surface area contributed by atoms with Crippen molar-refractivity contribution in [3.05, 3.63) is 30.4 Å². The summed E-state index contributed by atoms with van der Waals surface area (Å²) in [6.45, 7) is 2.63. The van der Waals surface area contributed by atoms with Crippen molar-refractivity contribution in [1.82, 2.24) is 19.7 Å². The van der Waals surface area contributed by atoms with Gasteiger partial charge in [-0.25, -0.2) is 4.98 Å². The second-order valence-electron chi connectivity index (χ2n) is 2.79. The van der Waals surface area contributed by atoms with Crippen LogP contribution in [0.25, 0.3) is 0 Å². The van der Waals surface area contributed by atoms with Crippen LogP contribution in [-0.4, -0.2) is 19.7 Å². The fourth-order valence-electron chi connectivity index (χ4n) is 1.09. The Hall–Kier alpha value is -1.65. The van der Waals surface area contributed by atoms with Crippen molar-refractivity contribution in [2.24, 2.45) is 0 Å². The van der Waals surface area contributed by atoms with Gasteiger partial charge in [0.2, 0.25) is 5.89 Å². The Bertz CT molecular complexity index is 365. The molecule has 5 heteroatoms. The predicted octanol–water partition coefficient (Wildman–Crippen LogP) is 0.817. The summed E-state index contributed by atoms with van der Waals surface area (Å²) < 4.78 is 6.94. The van der Waals surface area contributed by atoms with Crippen molar-refractivity contribution in [2.45, 2.75) is 19.9 Å². The Morgan fingerprint density at radius 1 is 1.54 bits per heavy atom. The van der Waals surface area contributed by atoms with Gasteiger partial charge in [-0.3, -0.25) is 0 Å². The first kappa shape index (κ1) is 7.97. The van der Waals surface area contributed by atoms with Gasteiger partial charge in [0.1, 0.15) is 0 Å². The number of hydrogen-bond acceptors (Lipinski definition) is 4. The molecule has 2 aromatic rings. The average molecular weight is 178 g/mol. The number of aromatic nitrogens is 4. The molecule has 0 amide bonds. The molecule has 68 valence electrons. The minimum atomic E-state index is 0.672. The summed E-state index contributed by atoms with van der Waals surface area (Å²) in [7, 11) is 0. The van der Waals surface area contributed by atoms with Gasteiger partial charge in [0, 0.05) is 25.4 Å². The smallest absolute Gasteiger partial charge is 0.228 e. The highest BCUT2D eigenvalue weighted by Crippen LogP contribution is 1.98. The van der Waals surface area contributed by atoms with Crippen LogP contribution in [0.15, 0.2) is 23.2 Å². The van der Waals surface area contributed by atoms with E-state index in [9.17, 15) is 0 Å². The van der Waals surface area contributed by atoms with Gasteiger partial charge < -0.3 is 9.09 Å². The van der Waals surface area contributed by atoms with Crippen LogP contribution in [0.3, 0.4) is 0 Å². The Kier molecular flexibility index (Phi) is 2.08. The van der Waals surface area contributed by atoms with E-state index in [1.54, 1.807) is 12.5 Å². The van der Waals surface area contributed by atoms with Gasteiger partial charge >= 0.3 is 0 Å². The van der Waals surface area contributed by atoms with Crippen LogP contribution in [0.2, 0.25) is 0 Å². The van der Waals surface area contributed by atoms with E-state index in [0.29, 0.717) is 11.7 Å². The van der Waals surface area contributed by atoms with Crippen LogP contribution in [0, 0.1) is 6.92 Å². The van der Waals surface area contributed by atoms with E-state index in [2.05, 4.69) is 15.1 Å². The Labute approximate surface area is 75.4 Å². The maximum atomic E-state index is 4.97. The summed E-state index contributed by atoms with van der Waals surface area (Å²) in [5, 5.41) is 3.71. The molecular formula is C8H10N4O. The van der Waals surface area contributed by atoms with Gasteiger partial charge in [0.15, 0.2) is 5.82 Å². The molecule has 0 spiro atoms. The first-order valence-corrected chi connectivity index (χ1v) is 4.09. The van der Waals surface area contributed by atoms with Crippen molar-refractivity contribution in [3.8, 4) is 0 Å². The topological polar surface area (TPSA) is 56.7 Å². The Morgan fingerprint density at radius 3 is 3.08 bits per heavy atom. The van der Waals surface area contributed by atoms with Crippen LogP contribution in [0.1, 0.15) is 11.7 Å². The molecule has 0 aliphatic rings. The second-order valence-corrected chi connectivity index (χ2v) is 2.79. The highest BCUT2D eigenvalue weighted by molar-refractivity contribution is 4.84. The number of hydrogen-bond donors (Lipinski definition) is 0. The van der Waals surface area contributed by atoms with Gasteiger partial charge in [-0.1, -0.05) is 5.16 Å². The van der Waals surface area contributed by atoms with Crippen molar-refractivity contribution in [3.63, 3.8) is 0 Å². The molecule has 0 radical (unpaired) electrons. The first-order chi connectivity index (χ1) is 6.34. The van der Waals surface area contributed by atoms with Gasteiger partial charge in [-0.05, 0) is 6.92 Å². The first-order valence-electron chi connectivity index (χ1n) is 4.09. The van der Waals surface area contributed by atoms with E-state index in [1.165, 1.54) is 0 Å². The monoisotopic (exact) mass is 178 g/mol. The largest absolute Gasteiger partial charge is 0.339 e. The van der Waals surface area contributed by atoms with Crippen LogP contribution in [0.4, 0.5) is 0 Å². The summed E-state index contributed by atoms with van der Waals surface area (Å²) in [4.78, 5) is 8.03. The van der Waals surface area contributed by atoms with Crippen LogP contribution < -0.4 is 0 Å². The lowest BCUT2D eigenvalue weighted by atomic mass is 10.4. The molecule has 0 bridgehead atoms. The molecule has 0 N–H and O–H groups in total. The van der Waals surface area contributed by atoms with Crippen LogP contribution >= 0.6 is 0 Å². The quantitative estimate of drug-likeness (QED) is 0.698. The molecule has 0 fully saturated rings. The summed E-state index contributed by atoms with van der Waals surface area (Å²) in [5.74, 6) is 1.35. The zero-order chi connectivity index (χ0) is 9.10. The predicted molar refractivity (Wildman–Crippen MR) is 45.0 cm³/mol. The van der Waals surface area contributed by atoms with Gasteiger partial charge in [0.25, 0.3) is 0 Å². The maximum Gasteiger partial charge on any atom is 0.228 e. The number of nitrogens with zero attached hydrogens (tertiary/aromatic N) is 4. The maximum absolute atomic E-state index is 4.97. The fraction of sp³-hybridized carbons (Fsp3) is 0.375. The van der Waals surface area contributed by atoms with Gasteiger partial charge in [-0.15, -0.1) is 0 Å². The average Bonchev–Trinajstić information content (AvgIpc) is 2.71. The standard InChI is InChI=1S/C8H10N4O/c1-7-10-8(13-11-7)2-4-12-5-3-9-6-12/h3,5-6H,2,4H2,1H3. The molecule has 0 saturated carbocycles. The third-order valence-corrected chi connectivity index (χ3v) is 1.71. The van der Waals surface area contributed by atoms with E-state index in [1.807, 2.05) is 17.7 Å². The highest BCUT2D eigenvalue weighted by atomic mass is 16.5. The summed E-state index contributed by atoms with van der Waals surface area (Å²) in [6, 6.07) is 0. The van der Waals surface area contributed by atoms with E-state index < -0.39 is 0 Å². The molecule has 0 aliphatic heterocycles. The van der Waals surface area contributed by atoms with Crippen molar-refractivity contribution < 1.29 is 4.52 Å². The third kappa shape index (κ3) is 1.93. The molecule has 0 unspecified atom stereocenters. The Balaban J connectivity index is 1.93. The molecule has 2 rings (SSSR count). The molecule has 2 heterocycles. The minimum Gasteiger partial charge on any atom is -0.339 e. The lowest BCUT2D eigenvalue weighted by molar-refractivity contribution is 0.368. The number of imidazole rings is 1. The van der Waals surface area contributed by atoms with Crippen LogP contribution in [-0.2, 0) is 13.0 Å². The number of rotatable bonds is 3. The summed E-state index contributed by atoms with van der Waals surface area (Å²) in [5.41, 5.74) is 0. The lowest BCUT2D eigenvalue weighted by Gasteiger charge is -1.96. The molecule has 2 aromatic heterocycles. The fourth-order valence-corrected chi connectivity index (χ4v) is 1.09. The van der Waals surface area contributed by atoms with Crippen molar-refractivity contribution in [2.75, 3.05) is 0 Å². The molecule has 0 saturated heterocycles. The van der Waals surface area contributed by atoms with Gasteiger partial charge in [-0.2, -0.15) is 4.98 Å². The van der Waals surface area contributed by atoms with Gasteiger partial charge in [0.05, 0.1) is 6.33 Å². The molecule has 0 aromatic carbocycles. The minimum absolute atomic E-state index is 0.672. The third-order valence-electron chi connectivity index (χ3n) is 1.71. The van der Waals surface area contributed by atoms with E-state index in [0.717, 1.165) is 13.0 Å². The Morgan fingerprint density at radius 2 is 2.46 bits per heavy atom. The van der Waals surface area contributed by atoms with E-state index in [4.69, 9.17) is 4.52 Å². The highest BCUT2D eigenvalue weighted by Gasteiger charge is 2.01. The molecule has 5 nitrogen and oxygen atoms in total. The van der Waals surface area contributed by atoms with E-state index >= 15 is 0 Å². The second kappa shape index (κ2) is 3.38. The van der Waals surface area contributed by atoms with Crippen LogP contribution in [0.5, 0.6) is 0 Å². The number of aryl methyl sites for hydroxylation is 3. The molecule has 0 atom stereocenters. The molecule has 13 heavy (non-hydrogen) atoms. The van der Waals surface area contributed by atoms with Crippen molar-refractivity contribution in [1.29, 1.82) is 0 Å². The van der Waals surface area contributed by atoms with E-state index in [-0.39, 0.29) is 0 Å². The zero-order valence-electron chi connectivity index (χ0n) is 7.34.